The third kappa shape index (κ3) is 4.42. The minimum absolute atomic E-state index is 0.355. The molecular formula is C18H20N6O. The number of methoxy groups -OCH3 is 1. The smallest absolute Gasteiger partial charge is 0.193 e. The molecule has 0 aliphatic carbocycles. The van der Waals surface area contributed by atoms with Crippen LogP contribution in [0.25, 0.3) is 11.4 Å². The highest BCUT2D eigenvalue weighted by atomic mass is 16.5. The standard InChI is InChI=1S/C18H20N6O/c1-25-11-15-6-2-3-8-16(15)23-18(19)20-10-13-5-4-7-14(9-13)17-21-12-22-24-17/h2-9,12H,10-11H2,1H3,(H3,19,20,23)(H,21,22,24). The van der Waals surface area contributed by atoms with E-state index in [1.54, 1.807) is 7.11 Å². The SMILES string of the molecule is COCc1ccccc1NC(N)=NCc1cccc(-c2ncn[nH]2)c1. The summed E-state index contributed by atoms with van der Waals surface area (Å²) in [5.74, 6) is 1.08. The van der Waals surface area contributed by atoms with Gasteiger partial charge in [0.15, 0.2) is 11.8 Å². The molecule has 1 heterocycles. The second kappa shape index (κ2) is 8.07. The second-order valence-electron chi connectivity index (χ2n) is 5.45. The maximum Gasteiger partial charge on any atom is 0.193 e. The summed E-state index contributed by atoms with van der Waals surface area (Å²) in [7, 11) is 1.66. The van der Waals surface area contributed by atoms with Crippen molar-refractivity contribution in [1.82, 2.24) is 15.2 Å². The highest BCUT2D eigenvalue weighted by molar-refractivity contribution is 5.92. The highest BCUT2D eigenvalue weighted by Gasteiger charge is 2.04. The number of aromatic nitrogens is 3. The van der Waals surface area contributed by atoms with Crippen LogP contribution >= 0.6 is 0 Å². The largest absolute Gasteiger partial charge is 0.380 e. The molecule has 1 aromatic heterocycles. The molecule has 2 aromatic carbocycles. The fraction of sp³-hybridized carbons (Fsp3) is 0.167. The molecule has 0 fully saturated rings. The first kappa shape index (κ1) is 16.7. The van der Waals surface area contributed by atoms with Gasteiger partial charge in [0.05, 0.1) is 13.2 Å². The average molecular weight is 336 g/mol. The zero-order chi connectivity index (χ0) is 17.5. The number of rotatable bonds is 6. The highest BCUT2D eigenvalue weighted by Crippen LogP contribution is 2.17. The number of para-hydroxylation sites is 1. The fourth-order valence-corrected chi connectivity index (χ4v) is 2.44. The first-order chi connectivity index (χ1) is 12.3. The molecule has 128 valence electrons. The molecule has 0 spiro atoms. The number of anilines is 1. The Kier molecular flexibility index (Phi) is 5.38. The van der Waals surface area contributed by atoms with Crippen molar-refractivity contribution in [2.24, 2.45) is 10.7 Å². The van der Waals surface area contributed by atoms with Crippen LogP contribution in [0.2, 0.25) is 0 Å². The predicted octanol–water partition coefficient (Wildman–Crippen LogP) is 2.54. The molecule has 0 radical (unpaired) electrons. The molecular weight excluding hydrogens is 316 g/mol. The maximum absolute atomic E-state index is 6.02. The average Bonchev–Trinajstić information content (AvgIpc) is 3.17. The summed E-state index contributed by atoms with van der Waals surface area (Å²) >= 11 is 0. The number of guanidine groups is 1. The Hall–Kier alpha value is -3.19. The van der Waals surface area contributed by atoms with Crippen molar-refractivity contribution >= 4 is 11.6 Å². The number of hydrogen-bond donors (Lipinski definition) is 3. The Morgan fingerprint density at radius 2 is 2.12 bits per heavy atom. The van der Waals surface area contributed by atoms with Gasteiger partial charge in [-0.05, 0) is 17.7 Å². The Morgan fingerprint density at radius 3 is 2.92 bits per heavy atom. The van der Waals surface area contributed by atoms with Crippen LogP contribution in [0, 0.1) is 0 Å². The molecule has 0 bridgehead atoms. The van der Waals surface area contributed by atoms with E-state index in [2.05, 4.69) is 25.5 Å². The lowest BCUT2D eigenvalue weighted by atomic mass is 10.1. The van der Waals surface area contributed by atoms with Crippen molar-refractivity contribution < 1.29 is 4.74 Å². The number of nitrogens with zero attached hydrogens (tertiary/aromatic N) is 3. The summed E-state index contributed by atoms with van der Waals surface area (Å²) in [6.45, 7) is 0.975. The topological polar surface area (TPSA) is 101 Å². The van der Waals surface area contributed by atoms with Gasteiger partial charge in [0.2, 0.25) is 0 Å². The molecule has 7 heteroatoms. The van der Waals surface area contributed by atoms with Crippen molar-refractivity contribution in [3.05, 3.63) is 66.0 Å². The third-order valence-electron chi connectivity index (χ3n) is 3.63. The molecule has 0 aliphatic rings. The van der Waals surface area contributed by atoms with Gasteiger partial charge in [-0.25, -0.2) is 9.98 Å². The van der Waals surface area contributed by atoms with Gasteiger partial charge >= 0.3 is 0 Å². The molecule has 0 unspecified atom stereocenters. The van der Waals surface area contributed by atoms with Crippen LogP contribution in [-0.2, 0) is 17.9 Å². The first-order valence-corrected chi connectivity index (χ1v) is 7.84. The van der Waals surface area contributed by atoms with Gasteiger partial charge in [0.1, 0.15) is 6.33 Å². The number of benzene rings is 2. The summed E-state index contributed by atoms with van der Waals surface area (Å²) in [6, 6.07) is 15.8. The Labute approximate surface area is 146 Å². The normalized spacial score (nSPS) is 11.5. The minimum atomic E-state index is 0.355. The lowest BCUT2D eigenvalue weighted by Gasteiger charge is -2.11. The van der Waals surface area contributed by atoms with E-state index in [1.165, 1.54) is 6.33 Å². The van der Waals surface area contributed by atoms with Crippen molar-refractivity contribution in [2.45, 2.75) is 13.2 Å². The van der Waals surface area contributed by atoms with E-state index in [-0.39, 0.29) is 0 Å². The minimum Gasteiger partial charge on any atom is -0.380 e. The van der Waals surface area contributed by atoms with E-state index in [1.807, 2.05) is 48.5 Å². The van der Waals surface area contributed by atoms with E-state index in [0.717, 1.165) is 28.2 Å². The molecule has 3 aromatic rings. The van der Waals surface area contributed by atoms with E-state index < -0.39 is 0 Å². The van der Waals surface area contributed by atoms with Gasteiger partial charge in [0.25, 0.3) is 0 Å². The van der Waals surface area contributed by atoms with Crippen LogP contribution in [0.5, 0.6) is 0 Å². The van der Waals surface area contributed by atoms with Gasteiger partial charge in [-0.3, -0.25) is 5.10 Å². The van der Waals surface area contributed by atoms with Crippen LogP contribution in [0.15, 0.2) is 59.9 Å². The molecule has 4 N–H and O–H groups in total. The number of ether oxygens (including phenoxy) is 1. The number of H-pyrrole nitrogens is 1. The van der Waals surface area contributed by atoms with Crippen LogP contribution in [0.4, 0.5) is 5.69 Å². The lowest BCUT2D eigenvalue weighted by molar-refractivity contribution is 0.185. The van der Waals surface area contributed by atoms with Crippen LogP contribution in [0.3, 0.4) is 0 Å². The molecule has 25 heavy (non-hydrogen) atoms. The Balaban J connectivity index is 1.69. The zero-order valence-corrected chi connectivity index (χ0v) is 13.9. The Morgan fingerprint density at radius 1 is 1.24 bits per heavy atom. The van der Waals surface area contributed by atoms with Crippen molar-refractivity contribution in [2.75, 3.05) is 12.4 Å². The van der Waals surface area contributed by atoms with Gasteiger partial charge in [0, 0.05) is 23.9 Å². The number of nitrogens with one attached hydrogen (secondary N) is 2. The molecule has 0 saturated heterocycles. The van der Waals surface area contributed by atoms with Gasteiger partial charge in [-0.1, -0.05) is 36.4 Å². The summed E-state index contributed by atoms with van der Waals surface area (Å²) < 4.78 is 5.19. The van der Waals surface area contributed by atoms with E-state index in [9.17, 15) is 0 Å². The molecule has 0 aliphatic heterocycles. The van der Waals surface area contributed by atoms with Crippen molar-refractivity contribution in [3.8, 4) is 11.4 Å². The summed E-state index contributed by atoms with van der Waals surface area (Å²) in [5, 5.41) is 9.85. The quantitative estimate of drug-likeness (QED) is 0.474. The monoisotopic (exact) mass is 336 g/mol. The number of nitrogens with two attached hydrogens (primary N) is 1. The lowest BCUT2D eigenvalue weighted by Crippen LogP contribution is -2.23. The van der Waals surface area contributed by atoms with Gasteiger partial charge < -0.3 is 15.8 Å². The van der Waals surface area contributed by atoms with Gasteiger partial charge in [-0.2, -0.15) is 5.10 Å². The van der Waals surface area contributed by atoms with E-state index in [4.69, 9.17) is 10.5 Å². The van der Waals surface area contributed by atoms with Crippen LogP contribution < -0.4 is 11.1 Å². The second-order valence-corrected chi connectivity index (χ2v) is 5.45. The van der Waals surface area contributed by atoms with E-state index >= 15 is 0 Å². The summed E-state index contributed by atoms with van der Waals surface area (Å²) in [4.78, 5) is 8.56. The molecule has 0 atom stereocenters. The summed E-state index contributed by atoms with van der Waals surface area (Å²) in [6.07, 6.45) is 1.49. The third-order valence-corrected chi connectivity index (χ3v) is 3.63. The molecule has 0 saturated carbocycles. The molecule has 3 rings (SSSR count). The summed E-state index contributed by atoms with van der Waals surface area (Å²) in [5.41, 5.74) is 9.93. The fourth-order valence-electron chi connectivity index (χ4n) is 2.44. The van der Waals surface area contributed by atoms with E-state index in [0.29, 0.717) is 19.1 Å². The number of aliphatic imine (C=N–C) groups is 1. The van der Waals surface area contributed by atoms with Crippen LogP contribution in [0.1, 0.15) is 11.1 Å². The van der Waals surface area contributed by atoms with Crippen LogP contribution in [-0.4, -0.2) is 28.3 Å². The van der Waals surface area contributed by atoms with Crippen molar-refractivity contribution in [3.63, 3.8) is 0 Å². The van der Waals surface area contributed by atoms with Crippen molar-refractivity contribution in [1.29, 1.82) is 0 Å². The number of hydrogen-bond acceptors (Lipinski definition) is 4. The predicted molar refractivity (Wildman–Crippen MR) is 97.9 cm³/mol. The van der Waals surface area contributed by atoms with Gasteiger partial charge in [-0.15, -0.1) is 0 Å². The number of aromatic amines is 1. The molecule has 7 nitrogen and oxygen atoms in total. The Bertz CT molecular complexity index is 844. The zero-order valence-electron chi connectivity index (χ0n) is 13.9. The molecule has 0 amide bonds. The first-order valence-electron chi connectivity index (χ1n) is 7.84. The maximum atomic E-state index is 6.02.